The molecule has 1 amide bonds. The van der Waals surface area contributed by atoms with Gasteiger partial charge in [-0.2, -0.15) is 0 Å². The number of amides is 1. The summed E-state index contributed by atoms with van der Waals surface area (Å²) in [5, 5.41) is 13.0. The van der Waals surface area contributed by atoms with Crippen molar-refractivity contribution in [1.29, 1.82) is 0 Å². The molecule has 0 bridgehead atoms. The molecule has 2 heterocycles. The Balaban J connectivity index is 2.19. The molecule has 0 unspecified atom stereocenters. The fourth-order valence-electron chi connectivity index (χ4n) is 1.27. The lowest BCUT2D eigenvalue weighted by Gasteiger charge is -2.03. The summed E-state index contributed by atoms with van der Waals surface area (Å²) >= 11 is 4.27. The number of carbonyl (C=O) groups is 2. The minimum absolute atomic E-state index is 0.0976. The van der Waals surface area contributed by atoms with Crippen LogP contribution in [0.3, 0.4) is 0 Å². The number of anilines is 1. The van der Waals surface area contributed by atoms with E-state index in [0.29, 0.717) is 0 Å². The predicted octanol–water partition coefficient (Wildman–Crippen LogP) is 2.86. The number of carboxylic acids is 1. The molecule has 0 aliphatic heterocycles. The summed E-state index contributed by atoms with van der Waals surface area (Å²) in [6, 6.07) is 4.78. The maximum Gasteiger partial charge on any atom is 0.348 e. The molecule has 2 rings (SSSR count). The number of rotatable bonds is 3. The lowest BCUT2D eigenvalue weighted by atomic mass is 10.3. The summed E-state index contributed by atoms with van der Waals surface area (Å²) in [5.41, 5.74) is 0.503. The van der Waals surface area contributed by atoms with Crippen molar-refractivity contribution in [1.82, 2.24) is 4.98 Å². The molecular formula is C11H7BrN2O3S. The molecule has 18 heavy (non-hydrogen) atoms. The van der Waals surface area contributed by atoms with E-state index in [0.717, 1.165) is 15.8 Å². The Kier molecular flexibility index (Phi) is 3.73. The third kappa shape index (κ3) is 2.74. The Bertz CT molecular complexity index is 595. The highest BCUT2D eigenvalue weighted by Gasteiger charge is 2.15. The predicted molar refractivity (Wildman–Crippen MR) is 71.2 cm³/mol. The standard InChI is InChI=1S/C11H7BrN2O3S/c12-6-1-2-8(13-5-6)10(15)14-7-3-4-18-9(7)11(16)17/h1-5H,(H,14,15)(H,16,17). The first-order valence-electron chi connectivity index (χ1n) is 4.81. The van der Waals surface area contributed by atoms with E-state index < -0.39 is 11.9 Å². The van der Waals surface area contributed by atoms with E-state index in [4.69, 9.17) is 5.11 Å². The molecule has 2 aromatic rings. The Labute approximate surface area is 115 Å². The van der Waals surface area contributed by atoms with Crippen molar-refractivity contribution in [3.05, 3.63) is 44.8 Å². The number of hydrogen-bond donors (Lipinski definition) is 2. The maximum absolute atomic E-state index is 11.8. The van der Waals surface area contributed by atoms with Gasteiger partial charge in [-0.15, -0.1) is 11.3 Å². The molecule has 0 saturated heterocycles. The van der Waals surface area contributed by atoms with Crippen LogP contribution in [-0.2, 0) is 0 Å². The van der Waals surface area contributed by atoms with E-state index in [-0.39, 0.29) is 16.3 Å². The zero-order chi connectivity index (χ0) is 13.1. The normalized spacial score (nSPS) is 10.1. The minimum atomic E-state index is -1.07. The van der Waals surface area contributed by atoms with Gasteiger partial charge in [-0.05, 0) is 39.5 Å². The number of pyridine rings is 1. The largest absolute Gasteiger partial charge is 0.477 e. The van der Waals surface area contributed by atoms with Gasteiger partial charge < -0.3 is 10.4 Å². The number of carbonyl (C=O) groups excluding carboxylic acids is 1. The van der Waals surface area contributed by atoms with E-state index in [9.17, 15) is 9.59 Å². The quantitative estimate of drug-likeness (QED) is 0.908. The number of halogens is 1. The van der Waals surface area contributed by atoms with Gasteiger partial charge in [0, 0.05) is 10.7 Å². The fourth-order valence-corrected chi connectivity index (χ4v) is 2.19. The summed E-state index contributed by atoms with van der Waals surface area (Å²) in [5.74, 6) is -1.51. The fraction of sp³-hybridized carbons (Fsp3) is 0. The summed E-state index contributed by atoms with van der Waals surface area (Å²) in [6.45, 7) is 0. The van der Waals surface area contributed by atoms with Crippen molar-refractivity contribution in [3.63, 3.8) is 0 Å². The van der Waals surface area contributed by atoms with Gasteiger partial charge in [-0.25, -0.2) is 9.78 Å². The molecule has 0 fully saturated rings. The smallest absolute Gasteiger partial charge is 0.348 e. The molecule has 2 aromatic heterocycles. The highest BCUT2D eigenvalue weighted by molar-refractivity contribution is 9.10. The highest BCUT2D eigenvalue weighted by Crippen LogP contribution is 2.22. The van der Waals surface area contributed by atoms with E-state index in [1.165, 1.54) is 6.20 Å². The van der Waals surface area contributed by atoms with Crippen molar-refractivity contribution < 1.29 is 14.7 Å². The third-order valence-electron chi connectivity index (χ3n) is 2.07. The molecule has 0 saturated carbocycles. The molecule has 0 spiro atoms. The Morgan fingerprint density at radius 3 is 2.72 bits per heavy atom. The van der Waals surface area contributed by atoms with E-state index in [1.807, 2.05) is 0 Å². The lowest BCUT2D eigenvalue weighted by molar-refractivity contribution is 0.0703. The minimum Gasteiger partial charge on any atom is -0.477 e. The van der Waals surface area contributed by atoms with Crippen LogP contribution in [0.4, 0.5) is 5.69 Å². The Morgan fingerprint density at radius 2 is 2.11 bits per heavy atom. The first kappa shape index (κ1) is 12.7. The van der Waals surface area contributed by atoms with Gasteiger partial charge in [0.25, 0.3) is 5.91 Å². The summed E-state index contributed by atoms with van der Waals surface area (Å²) < 4.78 is 0.765. The van der Waals surface area contributed by atoms with Crippen LogP contribution in [0.1, 0.15) is 20.2 Å². The number of hydrogen-bond acceptors (Lipinski definition) is 4. The van der Waals surface area contributed by atoms with Gasteiger partial charge in [0.2, 0.25) is 0 Å². The first-order valence-corrected chi connectivity index (χ1v) is 6.49. The average Bonchev–Trinajstić information content (AvgIpc) is 2.78. The molecule has 0 aromatic carbocycles. The number of nitrogens with zero attached hydrogens (tertiary/aromatic N) is 1. The number of nitrogens with one attached hydrogen (secondary N) is 1. The Morgan fingerprint density at radius 1 is 1.33 bits per heavy atom. The summed E-state index contributed by atoms with van der Waals surface area (Å²) in [7, 11) is 0. The summed E-state index contributed by atoms with van der Waals surface area (Å²) in [6.07, 6.45) is 1.50. The second kappa shape index (κ2) is 5.28. The number of thiophene rings is 1. The van der Waals surface area contributed by atoms with E-state index in [1.54, 1.807) is 23.6 Å². The van der Waals surface area contributed by atoms with Crippen LogP contribution in [-0.4, -0.2) is 22.0 Å². The van der Waals surface area contributed by atoms with Crippen molar-refractivity contribution in [2.24, 2.45) is 0 Å². The Hall–Kier alpha value is -1.73. The molecule has 5 nitrogen and oxygen atoms in total. The van der Waals surface area contributed by atoms with Gasteiger partial charge in [0.15, 0.2) is 0 Å². The van der Waals surface area contributed by atoms with Crippen LogP contribution in [0.5, 0.6) is 0 Å². The molecule has 7 heteroatoms. The molecule has 0 radical (unpaired) electrons. The second-order valence-electron chi connectivity index (χ2n) is 3.28. The zero-order valence-electron chi connectivity index (χ0n) is 8.88. The van der Waals surface area contributed by atoms with Crippen molar-refractivity contribution in [2.75, 3.05) is 5.32 Å². The van der Waals surface area contributed by atoms with Gasteiger partial charge in [0.05, 0.1) is 5.69 Å². The lowest BCUT2D eigenvalue weighted by Crippen LogP contribution is -2.14. The van der Waals surface area contributed by atoms with Crippen molar-refractivity contribution in [2.45, 2.75) is 0 Å². The van der Waals surface area contributed by atoms with Gasteiger partial charge in [-0.1, -0.05) is 0 Å². The number of carboxylic acid groups (broad SMARTS) is 1. The van der Waals surface area contributed by atoms with Crippen LogP contribution >= 0.6 is 27.3 Å². The average molecular weight is 327 g/mol. The zero-order valence-corrected chi connectivity index (χ0v) is 11.3. The third-order valence-corrected chi connectivity index (χ3v) is 3.44. The maximum atomic E-state index is 11.8. The van der Waals surface area contributed by atoms with Crippen molar-refractivity contribution in [3.8, 4) is 0 Å². The SMILES string of the molecule is O=C(Nc1ccsc1C(=O)O)c1ccc(Br)cn1. The van der Waals surface area contributed by atoms with Crippen LogP contribution in [0.2, 0.25) is 0 Å². The van der Waals surface area contributed by atoms with Crippen molar-refractivity contribution >= 4 is 44.8 Å². The number of aromatic nitrogens is 1. The monoisotopic (exact) mass is 326 g/mol. The molecular weight excluding hydrogens is 320 g/mol. The molecule has 92 valence electrons. The molecule has 0 atom stereocenters. The van der Waals surface area contributed by atoms with Gasteiger partial charge in [0.1, 0.15) is 10.6 Å². The van der Waals surface area contributed by atoms with Crippen LogP contribution < -0.4 is 5.32 Å². The van der Waals surface area contributed by atoms with Crippen LogP contribution in [0, 0.1) is 0 Å². The topological polar surface area (TPSA) is 79.3 Å². The van der Waals surface area contributed by atoms with E-state index in [2.05, 4.69) is 26.2 Å². The van der Waals surface area contributed by atoms with Gasteiger partial charge >= 0.3 is 5.97 Å². The molecule has 0 aliphatic rings. The van der Waals surface area contributed by atoms with Crippen LogP contribution in [0.25, 0.3) is 0 Å². The van der Waals surface area contributed by atoms with Crippen LogP contribution in [0.15, 0.2) is 34.2 Å². The molecule has 0 aliphatic carbocycles. The second-order valence-corrected chi connectivity index (χ2v) is 5.12. The van der Waals surface area contributed by atoms with E-state index >= 15 is 0 Å². The summed E-state index contributed by atoms with van der Waals surface area (Å²) in [4.78, 5) is 26.7. The molecule has 2 N–H and O–H groups in total. The highest BCUT2D eigenvalue weighted by atomic mass is 79.9. The van der Waals surface area contributed by atoms with Gasteiger partial charge in [-0.3, -0.25) is 4.79 Å². The number of aromatic carboxylic acids is 1. The first-order chi connectivity index (χ1) is 8.58.